The number of nitrogens with zero attached hydrogens (tertiary/aromatic N) is 9. The zero-order chi connectivity index (χ0) is 96.3. The standard InChI is InChI=1S/C47H34N2.C46H33N3.C41H30N4/c1-47(2)42-19-9-18-39(45(42)41-25-24-32-11-6-7-17-40(32)46(41)47)36-15-8-14-35(27-36)38-28-43(33-12-4-3-5-13-33)49-44(29-38)34-22-20-31(21-23-34)37-16-10-26-48-30-37;1-46(2)39-19-9-18-38(44(39)43-37-17-7-6-11-31(37)24-25-40(43)46)34-14-8-15-35(27-34)42-28-41(48-45(49-42)33-12-4-3-5-13-33)32-22-20-30(21-23-32)36-16-10-26-47-29-36;1-41(2)36-13-7-6-12-34(36)35-23-22-32(25-37(35)41)27-14-18-30(19-15-27)39-43-38(29-9-4-3-5-10-29)44-40(45-39)31-20-16-28(17-21-31)33-11-8-24-42-26-33/h3-30H,1-2H3;3-29H,1-2H3;3-26H,1-2H3. The minimum atomic E-state index is -0.101. The smallest absolute Gasteiger partial charge is 0.164 e. The number of hydrogen-bond acceptors (Lipinski definition) is 9. The van der Waals surface area contributed by atoms with Crippen LogP contribution in [-0.2, 0) is 16.2 Å². The van der Waals surface area contributed by atoms with Gasteiger partial charge in [0.05, 0.1) is 22.8 Å². The molecule has 6 aromatic heterocycles. The third-order valence-corrected chi connectivity index (χ3v) is 29.0. The van der Waals surface area contributed by atoms with Crippen LogP contribution in [0, 0.1) is 0 Å². The summed E-state index contributed by atoms with van der Waals surface area (Å²) in [5, 5.41) is 5.20. The van der Waals surface area contributed by atoms with Crippen molar-refractivity contribution in [2.45, 2.75) is 57.8 Å². The lowest BCUT2D eigenvalue weighted by Gasteiger charge is -2.23. The Labute approximate surface area is 833 Å². The first-order valence-corrected chi connectivity index (χ1v) is 48.9. The molecule has 0 saturated carbocycles. The summed E-state index contributed by atoms with van der Waals surface area (Å²) in [6.45, 7) is 14.1. The molecule has 3 aliphatic carbocycles. The van der Waals surface area contributed by atoms with Gasteiger partial charge in [-0.05, 0) is 221 Å². The number of benzene rings is 17. The van der Waals surface area contributed by atoms with E-state index in [1.54, 1.807) is 18.6 Å². The number of hydrogen-bond donors (Lipinski definition) is 0. The summed E-state index contributed by atoms with van der Waals surface area (Å²) in [6.07, 6.45) is 11.1. The fraction of sp³-hybridized carbons (Fsp3) is 0.0672. The largest absolute Gasteiger partial charge is 0.264 e. The third kappa shape index (κ3) is 16.5. The van der Waals surface area contributed by atoms with Crippen LogP contribution in [0.5, 0.6) is 0 Å². The Balaban J connectivity index is 0.000000116. The van der Waals surface area contributed by atoms with Crippen molar-refractivity contribution in [2.24, 2.45) is 0 Å². The average molecular weight is 1830 g/mol. The van der Waals surface area contributed by atoms with Crippen LogP contribution in [0.25, 0.3) is 223 Å². The highest BCUT2D eigenvalue weighted by molar-refractivity contribution is 6.07. The molecule has 6 heterocycles. The zero-order valence-electron chi connectivity index (χ0n) is 80.1. The van der Waals surface area contributed by atoms with Crippen LogP contribution in [0.1, 0.15) is 74.9 Å². The molecule has 0 aliphatic heterocycles. The van der Waals surface area contributed by atoms with Gasteiger partial charge in [0.2, 0.25) is 0 Å². The van der Waals surface area contributed by atoms with E-state index in [0.29, 0.717) is 23.3 Å². The molecule has 678 valence electrons. The lowest BCUT2D eigenvalue weighted by molar-refractivity contribution is 0.660. The molecule has 3 aliphatic rings. The Hall–Kier alpha value is -18.1. The Morgan fingerprint density at radius 1 is 0.161 bits per heavy atom. The molecule has 0 fully saturated rings. The maximum Gasteiger partial charge on any atom is 0.164 e. The molecule has 26 rings (SSSR count). The second-order valence-electron chi connectivity index (χ2n) is 38.7. The maximum atomic E-state index is 5.18. The quantitative estimate of drug-likeness (QED) is 0.0989. The van der Waals surface area contributed by atoms with Gasteiger partial charge in [-0.15, -0.1) is 0 Å². The Kier molecular flexibility index (Phi) is 22.5. The SMILES string of the molecule is CC1(C)c2cccc(-c3cccc(-c4cc(-c5ccc(-c6cccnc6)cc5)nc(-c5ccccc5)n4)c3)c2-c2c1ccc1ccccc21.CC1(C)c2cccc(-c3cccc(-c4cc(-c5ccccc5)nc(-c5ccc(-c6cccnc6)cc5)c4)c3)c2-c2ccc3ccccc3c21.CC1(C)c2ccccc2-c2ccc(-c3ccc(-c4nc(-c5ccccc5)nc(-c5ccc(-c6cccnc6)cc5)n4)cc3)cc21. The minimum absolute atomic E-state index is 0.0345. The van der Waals surface area contributed by atoms with E-state index in [1.165, 1.54) is 122 Å². The van der Waals surface area contributed by atoms with Gasteiger partial charge in [0.1, 0.15) is 0 Å². The van der Waals surface area contributed by atoms with E-state index in [4.69, 9.17) is 29.9 Å². The lowest BCUT2D eigenvalue weighted by Crippen LogP contribution is -2.15. The second-order valence-corrected chi connectivity index (χ2v) is 38.7. The van der Waals surface area contributed by atoms with Gasteiger partial charge in [-0.3, -0.25) is 15.0 Å². The molecule has 0 radical (unpaired) electrons. The summed E-state index contributed by atoms with van der Waals surface area (Å²) in [4.78, 5) is 43.0. The highest BCUT2D eigenvalue weighted by Crippen LogP contribution is 2.58. The lowest BCUT2D eigenvalue weighted by atomic mass is 9.80. The van der Waals surface area contributed by atoms with Crippen LogP contribution >= 0.6 is 0 Å². The summed E-state index contributed by atoms with van der Waals surface area (Å²) in [5.41, 5.74) is 44.1. The van der Waals surface area contributed by atoms with Crippen molar-refractivity contribution in [3.63, 3.8) is 0 Å². The van der Waals surface area contributed by atoms with Crippen LogP contribution in [0.4, 0.5) is 0 Å². The molecule has 0 unspecified atom stereocenters. The van der Waals surface area contributed by atoms with Crippen LogP contribution < -0.4 is 0 Å². The van der Waals surface area contributed by atoms with Gasteiger partial charge in [0, 0.05) is 97.9 Å². The van der Waals surface area contributed by atoms with E-state index in [9.17, 15) is 0 Å². The molecule has 17 aromatic carbocycles. The highest BCUT2D eigenvalue weighted by Gasteiger charge is 2.41. The summed E-state index contributed by atoms with van der Waals surface area (Å²) >= 11 is 0. The van der Waals surface area contributed by atoms with Gasteiger partial charge < -0.3 is 0 Å². The summed E-state index contributed by atoms with van der Waals surface area (Å²) in [6, 6.07) is 157. The van der Waals surface area contributed by atoms with Crippen molar-refractivity contribution in [1.29, 1.82) is 0 Å². The Bertz CT molecular complexity index is 8770. The highest BCUT2D eigenvalue weighted by atomic mass is 15.0. The van der Waals surface area contributed by atoms with Crippen molar-refractivity contribution in [1.82, 2.24) is 44.9 Å². The van der Waals surface area contributed by atoms with E-state index < -0.39 is 0 Å². The fourth-order valence-electron chi connectivity index (χ4n) is 21.6. The fourth-order valence-corrected chi connectivity index (χ4v) is 21.6. The van der Waals surface area contributed by atoms with E-state index in [1.807, 2.05) is 85.3 Å². The van der Waals surface area contributed by atoms with Gasteiger partial charge in [0.15, 0.2) is 23.3 Å². The molecule has 0 bridgehead atoms. The van der Waals surface area contributed by atoms with E-state index in [-0.39, 0.29) is 16.2 Å². The molecule has 9 heteroatoms. The summed E-state index contributed by atoms with van der Waals surface area (Å²) in [5.74, 6) is 2.64. The molecular formula is C134H97N9. The van der Waals surface area contributed by atoms with Crippen LogP contribution in [0.3, 0.4) is 0 Å². The molecule has 9 nitrogen and oxygen atoms in total. The predicted octanol–water partition coefficient (Wildman–Crippen LogP) is 33.8. The minimum Gasteiger partial charge on any atom is -0.264 e. The molecule has 0 amide bonds. The van der Waals surface area contributed by atoms with Crippen molar-refractivity contribution in [2.75, 3.05) is 0 Å². The van der Waals surface area contributed by atoms with Crippen molar-refractivity contribution >= 4 is 21.5 Å². The monoisotopic (exact) mass is 1830 g/mol. The van der Waals surface area contributed by atoms with Crippen LogP contribution in [0.2, 0.25) is 0 Å². The molecule has 23 aromatic rings. The summed E-state index contributed by atoms with van der Waals surface area (Å²) in [7, 11) is 0. The van der Waals surface area contributed by atoms with Gasteiger partial charge in [-0.1, -0.05) is 430 Å². The second kappa shape index (κ2) is 36.7. The number of pyridine rings is 4. The first kappa shape index (κ1) is 87.7. The van der Waals surface area contributed by atoms with Gasteiger partial charge >= 0.3 is 0 Å². The van der Waals surface area contributed by atoms with Gasteiger partial charge in [-0.25, -0.2) is 29.9 Å². The average Bonchev–Trinajstić information content (AvgIpc) is 1.60. The Morgan fingerprint density at radius 3 is 1.04 bits per heavy atom. The molecule has 0 atom stereocenters. The van der Waals surface area contributed by atoms with Crippen molar-refractivity contribution < 1.29 is 0 Å². The molecular weight excluding hydrogens is 1740 g/mol. The van der Waals surface area contributed by atoms with Crippen LogP contribution in [0.15, 0.2) is 480 Å². The van der Waals surface area contributed by atoms with E-state index in [2.05, 4.69) is 433 Å². The van der Waals surface area contributed by atoms with Gasteiger partial charge in [-0.2, -0.15) is 0 Å². The van der Waals surface area contributed by atoms with Crippen molar-refractivity contribution in [3.8, 4) is 202 Å². The summed E-state index contributed by atoms with van der Waals surface area (Å²) < 4.78 is 0. The maximum absolute atomic E-state index is 5.18. The van der Waals surface area contributed by atoms with Gasteiger partial charge in [0.25, 0.3) is 0 Å². The third-order valence-electron chi connectivity index (χ3n) is 29.0. The van der Waals surface area contributed by atoms with E-state index in [0.717, 1.165) is 112 Å². The molecule has 0 spiro atoms. The normalized spacial score (nSPS) is 12.9. The number of fused-ring (bicyclic) bond motifs is 13. The van der Waals surface area contributed by atoms with Crippen molar-refractivity contribution in [3.05, 3.63) is 513 Å². The Morgan fingerprint density at radius 2 is 0.497 bits per heavy atom. The number of aromatic nitrogens is 9. The molecule has 0 N–H and O–H groups in total. The number of rotatable bonds is 15. The topological polar surface area (TPSA) is 116 Å². The van der Waals surface area contributed by atoms with Crippen LogP contribution in [-0.4, -0.2) is 44.9 Å². The molecule has 143 heavy (non-hydrogen) atoms. The first-order valence-electron chi connectivity index (χ1n) is 48.9. The van der Waals surface area contributed by atoms with E-state index >= 15 is 0 Å². The first-order chi connectivity index (χ1) is 70.1. The zero-order valence-corrected chi connectivity index (χ0v) is 80.1. The predicted molar refractivity (Wildman–Crippen MR) is 589 cm³/mol. The molecule has 0 saturated heterocycles.